The number of halogens is 2. The van der Waals surface area contributed by atoms with Crippen molar-refractivity contribution in [3.8, 4) is 0 Å². The zero-order valence-electron chi connectivity index (χ0n) is 14.8. The van der Waals surface area contributed by atoms with Crippen molar-refractivity contribution in [1.29, 1.82) is 0 Å². The minimum atomic E-state index is -1.13. The molecule has 0 saturated heterocycles. The van der Waals surface area contributed by atoms with Crippen LogP contribution >= 0.6 is 23.2 Å². The molecule has 144 valence electrons. The van der Waals surface area contributed by atoms with Crippen LogP contribution in [-0.4, -0.2) is 41.7 Å². The number of fused-ring (bicyclic) bond motifs is 1. The number of hydrogen-bond donors (Lipinski definition) is 1. The van der Waals surface area contributed by atoms with Crippen LogP contribution in [0.3, 0.4) is 0 Å². The first-order chi connectivity index (χ1) is 13.2. The lowest BCUT2D eigenvalue weighted by Gasteiger charge is -2.14. The van der Waals surface area contributed by atoms with Gasteiger partial charge in [0.25, 0.3) is 17.7 Å². The van der Waals surface area contributed by atoms with E-state index in [0.717, 1.165) is 4.90 Å². The van der Waals surface area contributed by atoms with E-state index in [1.165, 1.54) is 44.3 Å². The molecule has 1 aliphatic heterocycles. The number of benzene rings is 2. The van der Waals surface area contributed by atoms with Crippen LogP contribution in [0.5, 0.6) is 0 Å². The van der Waals surface area contributed by atoms with E-state index in [1.54, 1.807) is 6.07 Å². The van der Waals surface area contributed by atoms with Gasteiger partial charge in [0.05, 0.1) is 27.4 Å². The Morgan fingerprint density at radius 3 is 2.39 bits per heavy atom. The lowest BCUT2D eigenvalue weighted by Crippen LogP contribution is -2.30. The molecule has 0 radical (unpaired) electrons. The smallest absolute Gasteiger partial charge is 0.338 e. The predicted molar refractivity (Wildman–Crippen MR) is 103 cm³/mol. The second-order valence-corrected chi connectivity index (χ2v) is 6.93. The van der Waals surface area contributed by atoms with E-state index in [-0.39, 0.29) is 21.7 Å². The average molecular weight is 421 g/mol. The fourth-order valence-electron chi connectivity index (χ4n) is 2.60. The molecule has 28 heavy (non-hydrogen) atoms. The van der Waals surface area contributed by atoms with Crippen molar-refractivity contribution in [2.45, 2.75) is 13.0 Å². The maximum Gasteiger partial charge on any atom is 0.338 e. The molecule has 1 atom stereocenters. The van der Waals surface area contributed by atoms with Crippen LogP contribution in [0.4, 0.5) is 5.69 Å². The summed E-state index contributed by atoms with van der Waals surface area (Å²) in [6, 6.07) is 8.58. The first kappa shape index (κ1) is 19.9. The Morgan fingerprint density at radius 1 is 1.04 bits per heavy atom. The number of imide groups is 1. The van der Waals surface area contributed by atoms with Crippen molar-refractivity contribution in [2.75, 3.05) is 12.4 Å². The number of rotatable bonds is 4. The van der Waals surface area contributed by atoms with E-state index in [1.807, 2.05) is 0 Å². The molecule has 0 spiro atoms. The Labute approximate surface area is 170 Å². The van der Waals surface area contributed by atoms with Crippen LogP contribution in [0.1, 0.15) is 38.0 Å². The largest absolute Gasteiger partial charge is 0.449 e. The van der Waals surface area contributed by atoms with Gasteiger partial charge in [0.15, 0.2) is 6.10 Å². The van der Waals surface area contributed by atoms with E-state index in [0.29, 0.717) is 10.7 Å². The molecule has 2 aromatic carbocycles. The average Bonchev–Trinajstić information content (AvgIpc) is 2.87. The molecule has 9 heteroatoms. The number of carbonyl (C=O) groups excluding carboxylic acids is 4. The number of carbonyl (C=O) groups is 4. The first-order valence-corrected chi connectivity index (χ1v) is 8.88. The first-order valence-electron chi connectivity index (χ1n) is 8.12. The lowest BCUT2D eigenvalue weighted by molar-refractivity contribution is -0.123. The van der Waals surface area contributed by atoms with Gasteiger partial charge >= 0.3 is 5.97 Å². The number of esters is 1. The van der Waals surface area contributed by atoms with Crippen molar-refractivity contribution in [3.05, 3.63) is 63.1 Å². The van der Waals surface area contributed by atoms with E-state index < -0.39 is 29.8 Å². The van der Waals surface area contributed by atoms with E-state index in [2.05, 4.69) is 5.32 Å². The van der Waals surface area contributed by atoms with Gasteiger partial charge in [0.2, 0.25) is 0 Å². The Hall–Kier alpha value is -2.90. The summed E-state index contributed by atoms with van der Waals surface area (Å²) >= 11 is 11.8. The summed E-state index contributed by atoms with van der Waals surface area (Å²) in [5.41, 5.74) is 0.710. The summed E-state index contributed by atoms with van der Waals surface area (Å²) in [6.45, 7) is 1.40. The second kappa shape index (κ2) is 7.61. The summed E-state index contributed by atoms with van der Waals surface area (Å²) in [5, 5.41) is 3.20. The molecule has 1 aliphatic rings. The number of nitrogens with one attached hydrogen (secondary N) is 1. The Bertz CT molecular complexity index is 1020. The fourth-order valence-corrected chi connectivity index (χ4v) is 3.05. The summed E-state index contributed by atoms with van der Waals surface area (Å²) in [4.78, 5) is 49.5. The molecule has 0 fully saturated rings. The van der Waals surface area contributed by atoms with Crippen LogP contribution in [0.2, 0.25) is 10.0 Å². The van der Waals surface area contributed by atoms with Gasteiger partial charge in [0.1, 0.15) is 0 Å². The minimum Gasteiger partial charge on any atom is -0.449 e. The van der Waals surface area contributed by atoms with Crippen molar-refractivity contribution in [3.63, 3.8) is 0 Å². The molecule has 1 heterocycles. The van der Waals surface area contributed by atoms with Crippen LogP contribution in [0.25, 0.3) is 0 Å². The molecule has 1 N–H and O–H groups in total. The number of ether oxygens (including phenoxy) is 1. The van der Waals surface area contributed by atoms with Crippen LogP contribution in [-0.2, 0) is 9.53 Å². The highest BCUT2D eigenvalue weighted by atomic mass is 35.5. The zero-order valence-corrected chi connectivity index (χ0v) is 16.3. The molecule has 0 bridgehead atoms. The van der Waals surface area contributed by atoms with Crippen LogP contribution in [0.15, 0.2) is 36.4 Å². The molecular formula is C19H14Cl2N2O5. The van der Waals surface area contributed by atoms with Crippen molar-refractivity contribution < 1.29 is 23.9 Å². The van der Waals surface area contributed by atoms with Gasteiger partial charge in [-0.05, 0) is 43.3 Å². The summed E-state index contributed by atoms with van der Waals surface area (Å²) in [7, 11) is 1.36. The molecule has 0 aromatic heterocycles. The molecular weight excluding hydrogens is 407 g/mol. The number of anilines is 1. The quantitative estimate of drug-likeness (QED) is 0.604. The maximum absolute atomic E-state index is 12.3. The van der Waals surface area contributed by atoms with Gasteiger partial charge < -0.3 is 10.1 Å². The Balaban J connectivity index is 1.70. The molecule has 1 unspecified atom stereocenters. The van der Waals surface area contributed by atoms with Crippen LogP contribution < -0.4 is 5.32 Å². The third kappa shape index (κ3) is 3.72. The SMILES string of the molecule is CC(OC(=O)c1ccc2c(c1)C(=O)N(C)C2=O)C(=O)Nc1ccc(Cl)cc1Cl. The predicted octanol–water partition coefficient (Wildman–Crippen LogP) is 3.40. The minimum absolute atomic E-state index is 0.0550. The third-order valence-electron chi connectivity index (χ3n) is 4.17. The van der Waals surface area contributed by atoms with Gasteiger partial charge in [-0.1, -0.05) is 23.2 Å². The van der Waals surface area contributed by atoms with Gasteiger partial charge in [-0.2, -0.15) is 0 Å². The van der Waals surface area contributed by atoms with E-state index in [9.17, 15) is 19.2 Å². The molecule has 3 amide bonds. The Kier molecular flexibility index (Phi) is 5.40. The number of hydrogen-bond acceptors (Lipinski definition) is 5. The molecule has 2 aromatic rings. The second-order valence-electron chi connectivity index (χ2n) is 6.09. The van der Waals surface area contributed by atoms with Crippen LogP contribution in [0, 0.1) is 0 Å². The van der Waals surface area contributed by atoms with Crippen molar-refractivity contribution in [2.24, 2.45) is 0 Å². The maximum atomic E-state index is 12.3. The summed E-state index contributed by atoms with van der Waals surface area (Å²) in [6.07, 6.45) is -1.13. The third-order valence-corrected chi connectivity index (χ3v) is 4.72. The normalized spacial score (nSPS) is 13.9. The van der Waals surface area contributed by atoms with E-state index >= 15 is 0 Å². The number of nitrogens with zero attached hydrogens (tertiary/aromatic N) is 1. The summed E-state index contributed by atoms with van der Waals surface area (Å²) < 4.78 is 5.15. The van der Waals surface area contributed by atoms with Gasteiger partial charge in [-0.25, -0.2) is 4.79 Å². The highest BCUT2D eigenvalue weighted by Gasteiger charge is 2.33. The molecule has 7 nitrogen and oxygen atoms in total. The van der Waals surface area contributed by atoms with Crippen molar-refractivity contribution in [1.82, 2.24) is 4.90 Å². The molecule has 3 rings (SSSR count). The zero-order chi connectivity index (χ0) is 20.6. The van der Waals surface area contributed by atoms with Crippen molar-refractivity contribution >= 4 is 52.6 Å². The highest BCUT2D eigenvalue weighted by molar-refractivity contribution is 6.36. The van der Waals surface area contributed by atoms with Gasteiger partial charge in [-0.3, -0.25) is 19.3 Å². The van der Waals surface area contributed by atoms with E-state index in [4.69, 9.17) is 27.9 Å². The lowest BCUT2D eigenvalue weighted by atomic mass is 10.1. The van der Waals surface area contributed by atoms with Gasteiger partial charge in [0, 0.05) is 12.1 Å². The monoisotopic (exact) mass is 420 g/mol. The highest BCUT2D eigenvalue weighted by Crippen LogP contribution is 2.26. The summed E-state index contributed by atoms with van der Waals surface area (Å²) in [5.74, 6) is -2.34. The standard InChI is InChI=1S/C19H14Cl2N2O5/c1-9(16(24)22-15-6-4-11(20)8-14(15)21)28-19(27)10-3-5-12-13(7-10)18(26)23(2)17(12)25/h3-9H,1-2H3,(H,22,24). The number of amides is 3. The Morgan fingerprint density at radius 2 is 1.71 bits per heavy atom. The van der Waals surface area contributed by atoms with Gasteiger partial charge in [-0.15, -0.1) is 0 Å². The molecule has 0 saturated carbocycles. The topological polar surface area (TPSA) is 92.8 Å². The fraction of sp³-hybridized carbons (Fsp3) is 0.158. The molecule has 0 aliphatic carbocycles.